The Hall–Kier alpha value is -3.63. The number of nitrogens with zero attached hydrogens (tertiary/aromatic N) is 5. The molecule has 4 heterocycles. The maximum absolute atomic E-state index is 14.4. The first-order valence-corrected chi connectivity index (χ1v) is 9.83. The molecule has 0 radical (unpaired) electrons. The molecule has 0 atom stereocenters. The Kier molecular flexibility index (Phi) is 5.14. The van der Waals surface area contributed by atoms with Gasteiger partial charge in [0.1, 0.15) is 17.2 Å². The normalized spacial score (nSPS) is 14.7. The van der Waals surface area contributed by atoms with Crippen molar-refractivity contribution in [3.05, 3.63) is 66.2 Å². The maximum Gasteiger partial charge on any atom is 0.274 e. The zero-order valence-electron chi connectivity index (χ0n) is 16.5. The molecule has 31 heavy (non-hydrogen) atoms. The van der Waals surface area contributed by atoms with Crippen LogP contribution in [0.5, 0.6) is 0 Å². The van der Waals surface area contributed by atoms with E-state index in [4.69, 9.17) is 9.26 Å². The number of hydrogen-bond donors (Lipinski definition) is 1. The quantitative estimate of drug-likeness (QED) is 0.528. The average Bonchev–Trinajstić information content (AvgIpc) is 3.43. The SMILES string of the molecule is O=C(Nc1cc(-c2noc(CN3CCOCC3)n2)ccc1F)c1cnc2ccccn12. The number of halogens is 1. The van der Waals surface area contributed by atoms with Gasteiger partial charge in [-0.15, -0.1) is 0 Å². The first-order chi connectivity index (χ1) is 15.2. The largest absolute Gasteiger partial charge is 0.379 e. The Balaban J connectivity index is 1.35. The van der Waals surface area contributed by atoms with E-state index in [1.165, 1.54) is 18.3 Å². The van der Waals surface area contributed by atoms with Crippen LogP contribution in [0.2, 0.25) is 0 Å². The summed E-state index contributed by atoms with van der Waals surface area (Å²) in [7, 11) is 0. The number of nitrogens with one attached hydrogen (secondary N) is 1. The highest BCUT2D eigenvalue weighted by Gasteiger charge is 2.18. The number of hydrogen-bond acceptors (Lipinski definition) is 7. The molecule has 1 aliphatic heterocycles. The van der Waals surface area contributed by atoms with E-state index in [1.807, 2.05) is 6.07 Å². The van der Waals surface area contributed by atoms with Crippen molar-refractivity contribution in [2.45, 2.75) is 6.54 Å². The van der Waals surface area contributed by atoms with Crippen LogP contribution in [0.15, 0.2) is 53.3 Å². The molecule has 0 bridgehead atoms. The lowest BCUT2D eigenvalue weighted by atomic mass is 10.2. The van der Waals surface area contributed by atoms with Crippen molar-refractivity contribution in [1.29, 1.82) is 0 Å². The molecule has 1 fully saturated rings. The molecular weight excluding hydrogens is 403 g/mol. The Morgan fingerprint density at radius 3 is 2.94 bits per heavy atom. The minimum Gasteiger partial charge on any atom is -0.379 e. The molecule has 1 aromatic carbocycles. The van der Waals surface area contributed by atoms with Crippen LogP contribution in [-0.4, -0.2) is 56.6 Å². The van der Waals surface area contributed by atoms with Crippen LogP contribution in [0.3, 0.4) is 0 Å². The van der Waals surface area contributed by atoms with Crippen LogP contribution in [0.25, 0.3) is 17.0 Å². The van der Waals surface area contributed by atoms with Gasteiger partial charge in [0.05, 0.1) is 31.6 Å². The Bertz CT molecular complexity index is 1230. The molecule has 4 aromatic rings. The number of benzene rings is 1. The predicted octanol–water partition coefficient (Wildman–Crippen LogP) is 2.61. The van der Waals surface area contributed by atoms with Gasteiger partial charge in [-0.3, -0.25) is 14.1 Å². The molecule has 5 rings (SSSR count). The topological polar surface area (TPSA) is 97.8 Å². The van der Waals surface area contributed by atoms with E-state index in [0.717, 1.165) is 13.1 Å². The number of imidazole rings is 1. The Labute approximate surface area is 176 Å². The number of amides is 1. The number of carbonyl (C=O) groups excluding carboxylic acids is 1. The maximum atomic E-state index is 14.4. The third kappa shape index (κ3) is 4.03. The number of rotatable bonds is 5. The van der Waals surface area contributed by atoms with Gasteiger partial charge >= 0.3 is 0 Å². The number of morpholine rings is 1. The molecule has 158 valence electrons. The van der Waals surface area contributed by atoms with Gasteiger partial charge in [0.15, 0.2) is 0 Å². The molecule has 1 aliphatic rings. The first kappa shape index (κ1) is 19.3. The number of aromatic nitrogens is 4. The van der Waals surface area contributed by atoms with Gasteiger partial charge in [0, 0.05) is 24.8 Å². The van der Waals surface area contributed by atoms with Crippen LogP contribution in [0.4, 0.5) is 10.1 Å². The average molecular weight is 422 g/mol. The molecule has 1 saturated heterocycles. The van der Waals surface area contributed by atoms with E-state index >= 15 is 0 Å². The summed E-state index contributed by atoms with van der Waals surface area (Å²) in [5.41, 5.74) is 1.48. The summed E-state index contributed by atoms with van der Waals surface area (Å²) in [6, 6.07) is 9.69. The molecule has 0 spiro atoms. The van der Waals surface area contributed by atoms with E-state index in [1.54, 1.807) is 28.8 Å². The highest BCUT2D eigenvalue weighted by Crippen LogP contribution is 2.24. The third-order valence-electron chi connectivity index (χ3n) is 5.05. The second kappa shape index (κ2) is 8.25. The lowest BCUT2D eigenvalue weighted by molar-refractivity contribution is 0.0297. The molecule has 0 saturated carbocycles. The van der Waals surface area contributed by atoms with E-state index in [2.05, 4.69) is 25.3 Å². The van der Waals surface area contributed by atoms with Crippen molar-refractivity contribution in [2.24, 2.45) is 0 Å². The van der Waals surface area contributed by atoms with Gasteiger partial charge in [-0.1, -0.05) is 11.2 Å². The summed E-state index contributed by atoms with van der Waals surface area (Å²) >= 11 is 0. The highest BCUT2D eigenvalue weighted by atomic mass is 19.1. The van der Waals surface area contributed by atoms with Crippen molar-refractivity contribution in [3.8, 4) is 11.4 Å². The molecular formula is C21H19FN6O3. The predicted molar refractivity (Wildman–Crippen MR) is 109 cm³/mol. The van der Waals surface area contributed by atoms with Gasteiger partial charge in [0.2, 0.25) is 11.7 Å². The van der Waals surface area contributed by atoms with E-state index in [0.29, 0.717) is 48.4 Å². The number of fused-ring (bicyclic) bond motifs is 1. The fraction of sp³-hybridized carbons (Fsp3) is 0.238. The molecule has 0 unspecified atom stereocenters. The number of anilines is 1. The molecule has 3 aromatic heterocycles. The number of ether oxygens (including phenoxy) is 1. The lowest BCUT2D eigenvalue weighted by Crippen LogP contribution is -2.35. The van der Waals surface area contributed by atoms with Crippen molar-refractivity contribution in [1.82, 2.24) is 24.4 Å². The van der Waals surface area contributed by atoms with Gasteiger partial charge in [0.25, 0.3) is 5.91 Å². The molecule has 9 nitrogen and oxygen atoms in total. The van der Waals surface area contributed by atoms with Gasteiger partial charge < -0.3 is 14.6 Å². The van der Waals surface area contributed by atoms with Gasteiger partial charge in [-0.05, 0) is 30.3 Å². The minimum atomic E-state index is -0.567. The summed E-state index contributed by atoms with van der Waals surface area (Å²) in [6.45, 7) is 3.47. The highest BCUT2D eigenvalue weighted by molar-refractivity contribution is 6.03. The molecule has 1 amide bonds. The summed E-state index contributed by atoms with van der Waals surface area (Å²) in [6.07, 6.45) is 3.17. The first-order valence-electron chi connectivity index (χ1n) is 9.83. The smallest absolute Gasteiger partial charge is 0.274 e. The second-order valence-electron chi connectivity index (χ2n) is 7.12. The number of carbonyl (C=O) groups is 1. The molecule has 0 aliphatic carbocycles. The second-order valence-corrected chi connectivity index (χ2v) is 7.12. The fourth-order valence-electron chi connectivity index (χ4n) is 3.43. The van der Waals surface area contributed by atoms with Crippen molar-refractivity contribution >= 4 is 17.2 Å². The van der Waals surface area contributed by atoms with Crippen molar-refractivity contribution in [3.63, 3.8) is 0 Å². The van der Waals surface area contributed by atoms with Crippen molar-refractivity contribution < 1.29 is 18.4 Å². The van der Waals surface area contributed by atoms with E-state index in [-0.39, 0.29) is 5.69 Å². The lowest BCUT2D eigenvalue weighted by Gasteiger charge is -2.24. The summed E-state index contributed by atoms with van der Waals surface area (Å²) < 4.78 is 26.7. The van der Waals surface area contributed by atoms with Crippen LogP contribution in [0.1, 0.15) is 16.4 Å². The van der Waals surface area contributed by atoms with Crippen molar-refractivity contribution in [2.75, 3.05) is 31.6 Å². The number of pyridine rings is 1. The summed E-state index contributed by atoms with van der Waals surface area (Å²) in [4.78, 5) is 23.5. The van der Waals surface area contributed by atoms with E-state index in [9.17, 15) is 9.18 Å². The Morgan fingerprint density at radius 1 is 1.19 bits per heavy atom. The molecule has 10 heteroatoms. The van der Waals surface area contributed by atoms with E-state index < -0.39 is 11.7 Å². The zero-order valence-corrected chi connectivity index (χ0v) is 16.5. The van der Waals surface area contributed by atoms with Crippen LogP contribution in [-0.2, 0) is 11.3 Å². The Morgan fingerprint density at radius 2 is 2.06 bits per heavy atom. The van der Waals surface area contributed by atoms with Gasteiger partial charge in [-0.2, -0.15) is 4.98 Å². The van der Waals surface area contributed by atoms with Crippen LogP contribution >= 0.6 is 0 Å². The molecule has 1 N–H and O–H groups in total. The summed E-state index contributed by atoms with van der Waals surface area (Å²) in [5, 5.41) is 6.60. The fourth-order valence-corrected chi connectivity index (χ4v) is 3.43. The summed E-state index contributed by atoms with van der Waals surface area (Å²) in [5.74, 6) is -0.245. The minimum absolute atomic E-state index is 0.0212. The zero-order chi connectivity index (χ0) is 21.2. The standard InChI is InChI=1S/C21H19FN6O3/c22-15-5-4-14(20-25-19(31-26-20)13-27-7-9-30-10-8-27)11-16(15)24-21(29)17-12-23-18-3-1-2-6-28(17)18/h1-6,11-12H,7-10,13H2,(H,24,29). The monoisotopic (exact) mass is 422 g/mol. The third-order valence-corrected chi connectivity index (χ3v) is 5.05. The van der Waals surface area contributed by atoms with Crippen LogP contribution < -0.4 is 5.32 Å². The van der Waals surface area contributed by atoms with Crippen LogP contribution in [0, 0.1) is 5.82 Å². The van der Waals surface area contributed by atoms with Gasteiger partial charge in [-0.25, -0.2) is 9.37 Å².